The average molecular weight is 281 g/mol. The van der Waals surface area contributed by atoms with Crippen LogP contribution in [0.2, 0.25) is 5.02 Å². The van der Waals surface area contributed by atoms with Crippen molar-refractivity contribution in [1.29, 1.82) is 0 Å². The Morgan fingerprint density at radius 3 is 3.17 bits per heavy atom. The number of hydrogen-bond donors (Lipinski definition) is 1. The van der Waals surface area contributed by atoms with Crippen molar-refractivity contribution in [2.75, 3.05) is 11.1 Å². The lowest BCUT2D eigenvalue weighted by Gasteiger charge is -2.23. The molecule has 2 atom stereocenters. The van der Waals surface area contributed by atoms with E-state index in [-0.39, 0.29) is 0 Å². The maximum absolute atomic E-state index is 6.20. The Morgan fingerprint density at radius 1 is 1.39 bits per heavy atom. The number of anilines is 1. The number of benzene rings is 1. The minimum atomic E-state index is 0.539. The first-order valence-corrected chi connectivity index (χ1v) is 7.82. The fourth-order valence-corrected chi connectivity index (χ4v) is 3.99. The molecule has 0 radical (unpaired) electrons. The van der Waals surface area contributed by atoms with Crippen molar-refractivity contribution >= 4 is 34.2 Å². The molecule has 1 fully saturated rings. The van der Waals surface area contributed by atoms with Crippen molar-refractivity contribution in [3.8, 4) is 0 Å². The van der Waals surface area contributed by atoms with Crippen LogP contribution in [0.3, 0.4) is 0 Å². The molecule has 1 aliphatic carbocycles. The summed E-state index contributed by atoms with van der Waals surface area (Å²) in [7, 11) is 0. The second-order valence-electron chi connectivity index (χ2n) is 5.11. The number of nitrogens with one attached hydrogen (secondary N) is 1. The van der Waals surface area contributed by atoms with Crippen LogP contribution in [0.1, 0.15) is 24.8 Å². The van der Waals surface area contributed by atoms with E-state index in [1.165, 1.54) is 30.6 Å². The lowest BCUT2D eigenvalue weighted by Crippen LogP contribution is -2.25. The molecule has 0 aromatic heterocycles. The molecule has 4 heteroatoms. The maximum atomic E-state index is 6.20. The normalized spacial score (nSPS) is 26.7. The Bertz CT molecular complexity index is 487. The molecule has 96 valence electrons. The Kier molecular flexibility index (Phi) is 3.53. The molecule has 1 N–H and O–H groups in total. The molecule has 2 aliphatic rings. The van der Waals surface area contributed by atoms with Gasteiger partial charge in [0, 0.05) is 5.75 Å². The second kappa shape index (κ2) is 5.14. The molecule has 3 rings (SSSR count). The van der Waals surface area contributed by atoms with Crippen LogP contribution in [-0.4, -0.2) is 17.0 Å². The molecular weight excluding hydrogens is 264 g/mol. The number of amidine groups is 1. The van der Waals surface area contributed by atoms with Gasteiger partial charge in [-0.25, -0.2) is 0 Å². The predicted octanol–water partition coefficient (Wildman–Crippen LogP) is 4.33. The number of aliphatic imine (C=N–C) groups is 1. The average Bonchev–Trinajstić information content (AvgIpc) is 2.81. The molecule has 1 aliphatic heterocycles. The maximum Gasteiger partial charge on any atom is 0.161 e. The molecule has 0 bridgehead atoms. The van der Waals surface area contributed by atoms with Gasteiger partial charge in [-0.15, -0.1) is 0 Å². The first kappa shape index (κ1) is 12.4. The van der Waals surface area contributed by atoms with Crippen LogP contribution < -0.4 is 5.32 Å². The molecule has 18 heavy (non-hydrogen) atoms. The molecule has 2 nitrogen and oxygen atoms in total. The van der Waals surface area contributed by atoms with E-state index in [1.807, 2.05) is 23.9 Å². The molecule has 1 aromatic rings. The zero-order valence-corrected chi connectivity index (χ0v) is 12.0. The highest BCUT2D eigenvalue weighted by Crippen LogP contribution is 2.36. The quantitative estimate of drug-likeness (QED) is 0.828. The van der Waals surface area contributed by atoms with E-state index in [0.29, 0.717) is 6.04 Å². The number of fused-ring (bicyclic) bond motifs is 1. The van der Waals surface area contributed by atoms with Crippen molar-refractivity contribution < 1.29 is 0 Å². The van der Waals surface area contributed by atoms with Crippen LogP contribution in [0, 0.1) is 12.8 Å². The van der Waals surface area contributed by atoms with Gasteiger partial charge in [0.15, 0.2) is 5.17 Å². The van der Waals surface area contributed by atoms with Crippen molar-refractivity contribution in [2.24, 2.45) is 10.9 Å². The summed E-state index contributed by atoms with van der Waals surface area (Å²) in [4.78, 5) is 4.82. The number of nitrogens with zero attached hydrogens (tertiary/aromatic N) is 1. The molecule has 1 aromatic carbocycles. The number of thioether (sulfide) groups is 1. The van der Waals surface area contributed by atoms with Crippen LogP contribution in [0.25, 0.3) is 0 Å². The van der Waals surface area contributed by atoms with Crippen molar-refractivity contribution in [3.05, 3.63) is 28.8 Å². The third kappa shape index (κ3) is 2.52. The van der Waals surface area contributed by atoms with Gasteiger partial charge in [0.05, 0.1) is 16.8 Å². The summed E-state index contributed by atoms with van der Waals surface area (Å²) in [5, 5.41) is 5.18. The summed E-state index contributed by atoms with van der Waals surface area (Å²) in [6.07, 6.45) is 3.93. The Morgan fingerprint density at radius 2 is 2.28 bits per heavy atom. The van der Waals surface area contributed by atoms with Gasteiger partial charge in [0.1, 0.15) is 0 Å². The van der Waals surface area contributed by atoms with E-state index in [1.54, 1.807) is 0 Å². The molecule has 2 unspecified atom stereocenters. The molecule has 0 spiro atoms. The highest BCUT2D eigenvalue weighted by Gasteiger charge is 2.31. The SMILES string of the molecule is Cc1ccc(Cl)c(NC2=NC3CCCC3CS2)c1. The van der Waals surface area contributed by atoms with Gasteiger partial charge in [-0.3, -0.25) is 4.99 Å². The molecular formula is C14H17ClN2S. The van der Waals surface area contributed by atoms with Crippen LogP contribution in [-0.2, 0) is 0 Å². The number of hydrogen-bond acceptors (Lipinski definition) is 3. The Balaban J connectivity index is 1.78. The van der Waals surface area contributed by atoms with Gasteiger partial charge in [-0.2, -0.15) is 0 Å². The highest BCUT2D eigenvalue weighted by atomic mass is 35.5. The van der Waals surface area contributed by atoms with Crippen LogP contribution in [0.5, 0.6) is 0 Å². The van der Waals surface area contributed by atoms with Crippen LogP contribution >= 0.6 is 23.4 Å². The van der Waals surface area contributed by atoms with E-state index in [2.05, 4.69) is 18.3 Å². The zero-order valence-electron chi connectivity index (χ0n) is 10.4. The summed E-state index contributed by atoms with van der Waals surface area (Å²) in [5.41, 5.74) is 2.18. The van der Waals surface area contributed by atoms with Crippen molar-refractivity contribution in [1.82, 2.24) is 0 Å². The summed E-state index contributed by atoms with van der Waals surface area (Å²) in [6, 6.07) is 6.58. The third-order valence-electron chi connectivity index (χ3n) is 3.70. The summed E-state index contributed by atoms with van der Waals surface area (Å²) in [5.74, 6) is 1.99. The minimum absolute atomic E-state index is 0.539. The number of rotatable bonds is 1. The van der Waals surface area contributed by atoms with Crippen molar-refractivity contribution in [2.45, 2.75) is 32.2 Å². The van der Waals surface area contributed by atoms with Gasteiger partial charge in [0.25, 0.3) is 0 Å². The third-order valence-corrected chi connectivity index (χ3v) is 5.10. The van der Waals surface area contributed by atoms with E-state index in [9.17, 15) is 0 Å². The lowest BCUT2D eigenvalue weighted by molar-refractivity contribution is 0.535. The van der Waals surface area contributed by atoms with Crippen LogP contribution in [0.4, 0.5) is 5.69 Å². The Labute approximate surface area is 117 Å². The number of halogens is 1. The van der Waals surface area contributed by atoms with E-state index in [0.717, 1.165) is 21.8 Å². The van der Waals surface area contributed by atoms with Gasteiger partial charge in [-0.1, -0.05) is 35.9 Å². The highest BCUT2D eigenvalue weighted by molar-refractivity contribution is 8.14. The summed E-state index contributed by atoms with van der Waals surface area (Å²) in [6.45, 7) is 2.07. The van der Waals surface area contributed by atoms with E-state index >= 15 is 0 Å². The van der Waals surface area contributed by atoms with E-state index in [4.69, 9.17) is 16.6 Å². The van der Waals surface area contributed by atoms with Crippen LogP contribution in [0.15, 0.2) is 23.2 Å². The fraction of sp³-hybridized carbons (Fsp3) is 0.500. The first-order chi connectivity index (χ1) is 8.72. The molecule has 1 saturated carbocycles. The summed E-state index contributed by atoms with van der Waals surface area (Å²) >= 11 is 8.03. The van der Waals surface area contributed by atoms with E-state index < -0.39 is 0 Å². The Hall–Kier alpha value is -0.670. The molecule has 1 heterocycles. The van der Waals surface area contributed by atoms with Gasteiger partial charge < -0.3 is 5.32 Å². The molecule has 0 amide bonds. The second-order valence-corrected chi connectivity index (χ2v) is 6.53. The fourth-order valence-electron chi connectivity index (χ4n) is 2.67. The van der Waals surface area contributed by atoms with Gasteiger partial charge in [-0.05, 0) is 43.4 Å². The first-order valence-electron chi connectivity index (χ1n) is 6.46. The number of aryl methyl sites for hydroxylation is 1. The van der Waals surface area contributed by atoms with Gasteiger partial charge in [0.2, 0.25) is 0 Å². The minimum Gasteiger partial charge on any atom is -0.334 e. The lowest BCUT2D eigenvalue weighted by atomic mass is 10.1. The zero-order chi connectivity index (χ0) is 12.5. The predicted molar refractivity (Wildman–Crippen MR) is 80.8 cm³/mol. The standard InChI is InChI=1S/C14H17ClN2S/c1-9-5-6-11(15)13(7-9)17-14-16-12-4-2-3-10(12)8-18-14/h5-7,10,12H,2-4,8H2,1H3,(H,16,17). The molecule has 0 saturated heterocycles. The topological polar surface area (TPSA) is 24.4 Å². The smallest absolute Gasteiger partial charge is 0.161 e. The summed E-state index contributed by atoms with van der Waals surface area (Å²) < 4.78 is 0. The van der Waals surface area contributed by atoms with Gasteiger partial charge >= 0.3 is 0 Å². The monoisotopic (exact) mass is 280 g/mol. The van der Waals surface area contributed by atoms with Crippen molar-refractivity contribution in [3.63, 3.8) is 0 Å². The largest absolute Gasteiger partial charge is 0.334 e.